The van der Waals surface area contributed by atoms with Crippen LogP contribution in [-0.4, -0.2) is 33.7 Å². The molecule has 2 N–H and O–H groups in total. The average molecular weight is 256 g/mol. The summed E-state index contributed by atoms with van der Waals surface area (Å²) >= 11 is 1.40. The number of nitrogens with one attached hydrogen (secondary N) is 1. The number of nitrogens with zero attached hydrogens (tertiary/aromatic N) is 1. The molecule has 0 spiro atoms. The SMILES string of the molecule is CC(O)C(C)SCC(=O)NC(C)(C#N)C1CC1. The molecule has 96 valence electrons. The lowest BCUT2D eigenvalue weighted by Crippen LogP contribution is -2.47. The van der Waals surface area contributed by atoms with E-state index in [1.807, 2.05) is 6.92 Å². The fourth-order valence-electron chi connectivity index (χ4n) is 1.55. The third-order valence-electron chi connectivity index (χ3n) is 3.18. The molecule has 0 saturated heterocycles. The molecule has 0 aromatic rings. The predicted molar refractivity (Wildman–Crippen MR) is 68.5 cm³/mol. The zero-order chi connectivity index (χ0) is 13.1. The van der Waals surface area contributed by atoms with E-state index in [2.05, 4.69) is 11.4 Å². The van der Waals surface area contributed by atoms with Gasteiger partial charge in [0.2, 0.25) is 5.91 Å². The maximum atomic E-state index is 11.7. The molecule has 1 aliphatic rings. The first kappa shape index (κ1) is 14.3. The largest absolute Gasteiger partial charge is 0.392 e. The number of amides is 1. The van der Waals surface area contributed by atoms with E-state index in [4.69, 9.17) is 5.26 Å². The van der Waals surface area contributed by atoms with Crippen LogP contribution in [0.25, 0.3) is 0 Å². The van der Waals surface area contributed by atoms with E-state index >= 15 is 0 Å². The van der Waals surface area contributed by atoms with Crippen molar-refractivity contribution >= 4 is 17.7 Å². The molecule has 0 aromatic carbocycles. The van der Waals surface area contributed by atoms with Crippen LogP contribution in [0.4, 0.5) is 0 Å². The van der Waals surface area contributed by atoms with Crippen molar-refractivity contribution in [2.75, 3.05) is 5.75 Å². The summed E-state index contributed by atoms with van der Waals surface area (Å²) in [4.78, 5) is 11.7. The summed E-state index contributed by atoms with van der Waals surface area (Å²) in [6.45, 7) is 5.37. The Morgan fingerprint density at radius 3 is 2.65 bits per heavy atom. The van der Waals surface area contributed by atoms with Crippen LogP contribution in [0.15, 0.2) is 0 Å². The van der Waals surface area contributed by atoms with Crippen molar-refractivity contribution in [1.82, 2.24) is 5.32 Å². The number of hydrogen-bond donors (Lipinski definition) is 2. The zero-order valence-electron chi connectivity index (χ0n) is 10.6. The molecule has 3 unspecified atom stereocenters. The number of carbonyl (C=O) groups is 1. The molecule has 0 aromatic heterocycles. The van der Waals surface area contributed by atoms with E-state index in [1.54, 1.807) is 13.8 Å². The molecule has 1 saturated carbocycles. The molecule has 1 aliphatic carbocycles. The van der Waals surface area contributed by atoms with Gasteiger partial charge in [0.1, 0.15) is 5.54 Å². The van der Waals surface area contributed by atoms with Crippen LogP contribution in [0.1, 0.15) is 33.6 Å². The number of hydrogen-bond acceptors (Lipinski definition) is 4. The van der Waals surface area contributed by atoms with Crippen molar-refractivity contribution < 1.29 is 9.90 Å². The Hall–Kier alpha value is -0.730. The van der Waals surface area contributed by atoms with Gasteiger partial charge in [-0.05, 0) is 32.6 Å². The lowest BCUT2D eigenvalue weighted by molar-refractivity contribution is -0.119. The highest BCUT2D eigenvalue weighted by atomic mass is 32.2. The third kappa shape index (κ3) is 4.21. The van der Waals surface area contributed by atoms with Gasteiger partial charge in [0.15, 0.2) is 0 Å². The molecular formula is C12H20N2O2S. The molecule has 0 heterocycles. The summed E-state index contributed by atoms with van der Waals surface area (Å²) in [7, 11) is 0. The molecule has 0 aliphatic heterocycles. The van der Waals surface area contributed by atoms with Crippen LogP contribution in [0.2, 0.25) is 0 Å². The van der Waals surface area contributed by atoms with Crippen molar-refractivity contribution in [3.05, 3.63) is 0 Å². The second-order valence-electron chi connectivity index (χ2n) is 4.89. The summed E-state index contributed by atoms with van der Waals surface area (Å²) in [5, 5.41) is 21.2. The smallest absolute Gasteiger partial charge is 0.231 e. The summed E-state index contributed by atoms with van der Waals surface area (Å²) in [6, 6.07) is 2.19. The van der Waals surface area contributed by atoms with Gasteiger partial charge in [0.25, 0.3) is 0 Å². The van der Waals surface area contributed by atoms with Crippen molar-refractivity contribution in [3.8, 4) is 6.07 Å². The van der Waals surface area contributed by atoms with E-state index in [1.165, 1.54) is 11.8 Å². The molecule has 1 amide bonds. The number of carbonyl (C=O) groups excluding carboxylic acids is 1. The zero-order valence-corrected chi connectivity index (χ0v) is 11.4. The van der Waals surface area contributed by atoms with Gasteiger partial charge < -0.3 is 10.4 Å². The highest BCUT2D eigenvalue weighted by molar-refractivity contribution is 8.00. The normalized spacial score (nSPS) is 22.1. The topological polar surface area (TPSA) is 73.1 Å². The minimum absolute atomic E-state index is 0.0232. The van der Waals surface area contributed by atoms with Crippen LogP contribution in [0.5, 0.6) is 0 Å². The van der Waals surface area contributed by atoms with E-state index in [0.717, 1.165) is 12.8 Å². The predicted octanol–water partition coefficient (Wildman–Crippen LogP) is 1.30. The standard InChI is InChI=1S/C12H20N2O2S/c1-8(15)9(2)17-6-11(16)14-12(3,7-13)10-4-5-10/h8-10,15H,4-6H2,1-3H3,(H,14,16). The Kier molecular flexibility index (Phi) is 4.84. The van der Waals surface area contributed by atoms with Gasteiger partial charge in [0.05, 0.1) is 17.9 Å². The van der Waals surface area contributed by atoms with E-state index in [-0.39, 0.29) is 16.9 Å². The first-order chi connectivity index (χ1) is 7.89. The Morgan fingerprint density at radius 2 is 2.24 bits per heavy atom. The Balaban J connectivity index is 2.36. The summed E-state index contributed by atoms with van der Waals surface area (Å²) in [5.41, 5.74) is -0.717. The Labute approximate surface area is 107 Å². The molecule has 1 fully saturated rings. The number of nitriles is 1. The quantitative estimate of drug-likeness (QED) is 0.751. The van der Waals surface area contributed by atoms with Gasteiger partial charge in [-0.25, -0.2) is 0 Å². The lowest BCUT2D eigenvalue weighted by Gasteiger charge is -2.23. The van der Waals surface area contributed by atoms with Crippen molar-refractivity contribution in [2.24, 2.45) is 5.92 Å². The maximum Gasteiger partial charge on any atom is 0.231 e. The maximum absolute atomic E-state index is 11.7. The van der Waals surface area contributed by atoms with Gasteiger partial charge in [-0.1, -0.05) is 6.92 Å². The lowest BCUT2D eigenvalue weighted by atomic mass is 9.98. The highest BCUT2D eigenvalue weighted by Gasteiger charge is 2.42. The number of rotatable bonds is 6. The van der Waals surface area contributed by atoms with E-state index < -0.39 is 11.6 Å². The van der Waals surface area contributed by atoms with Gasteiger partial charge >= 0.3 is 0 Å². The van der Waals surface area contributed by atoms with Crippen molar-refractivity contribution in [1.29, 1.82) is 5.26 Å². The first-order valence-corrected chi connectivity index (χ1v) is 6.96. The monoisotopic (exact) mass is 256 g/mol. The van der Waals surface area contributed by atoms with E-state index in [0.29, 0.717) is 5.92 Å². The molecule has 17 heavy (non-hydrogen) atoms. The first-order valence-electron chi connectivity index (χ1n) is 5.91. The molecular weight excluding hydrogens is 236 g/mol. The molecule has 0 bridgehead atoms. The van der Waals surface area contributed by atoms with Crippen LogP contribution < -0.4 is 5.32 Å². The summed E-state index contributed by atoms with van der Waals surface area (Å²) in [6.07, 6.45) is 1.60. The molecule has 0 radical (unpaired) electrons. The second-order valence-corrected chi connectivity index (χ2v) is 6.26. The van der Waals surface area contributed by atoms with Crippen LogP contribution in [-0.2, 0) is 4.79 Å². The van der Waals surface area contributed by atoms with Crippen molar-refractivity contribution in [3.63, 3.8) is 0 Å². The molecule has 3 atom stereocenters. The number of thioether (sulfide) groups is 1. The fraction of sp³-hybridized carbons (Fsp3) is 0.833. The van der Waals surface area contributed by atoms with Crippen LogP contribution in [0.3, 0.4) is 0 Å². The Bertz CT molecular complexity index is 323. The van der Waals surface area contributed by atoms with Gasteiger partial charge in [-0.15, -0.1) is 11.8 Å². The number of aliphatic hydroxyl groups excluding tert-OH is 1. The summed E-state index contributed by atoms with van der Waals surface area (Å²) in [5.74, 6) is 0.463. The van der Waals surface area contributed by atoms with Crippen LogP contribution in [0, 0.1) is 17.2 Å². The minimum Gasteiger partial charge on any atom is -0.392 e. The summed E-state index contributed by atoms with van der Waals surface area (Å²) < 4.78 is 0. The molecule has 1 rings (SSSR count). The second kappa shape index (κ2) is 5.74. The molecule has 4 nitrogen and oxygen atoms in total. The van der Waals surface area contributed by atoms with Gasteiger partial charge in [-0.3, -0.25) is 4.79 Å². The third-order valence-corrected chi connectivity index (χ3v) is 4.53. The number of aliphatic hydroxyl groups is 1. The highest BCUT2D eigenvalue weighted by Crippen LogP contribution is 2.39. The minimum atomic E-state index is -0.717. The van der Waals surface area contributed by atoms with Crippen molar-refractivity contribution in [2.45, 2.75) is 50.5 Å². The van der Waals surface area contributed by atoms with Crippen LogP contribution >= 0.6 is 11.8 Å². The average Bonchev–Trinajstić information content (AvgIpc) is 3.09. The van der Waals surface area contributed by atoms with Gasteiger partial charge in [-0.2, -0.15) is 5.26 Å². The van der Waals surface area contributed by atoms with Gasteiger partial charge in [0, 0.05) is 5.25 Å². The fourth-order valence-corrected chi connectivity index (χ4v) is 2.32. The van der Waals surface area contributed by atoms with E-state index in [9.17, 15) is 9.90 Å². The molecule has 5 heteroatoms. The Morgan fingerprint density at radius 1 is 1.65 bits per heavy atom.